The minimum absolute atomic E-state index is 0.126. The van der Waals surface area contributed by atoms with Crippen LogP contribution in [-0.2, 0) is 24.2 Å². The van der Waals surface area contributed by atoms with Gasteiger partial charge in [-0.25, -0.2) is 9.37 Å². The molecule has 1 aliphatic rings. The molecule has 1 fully saturated rings. The van der Waals surface area contributed by atoms with Gasteiger partial charge in [-0.3, -0.25) is 4.79 Å². The number of hydrogen-bond acceptors (Lipinski definition) is 2. The van der Waals surface area contributed by atoms with E-state index < -0.39 is 0 Å². The van der Waals surface area contributed by atoms with E-state index in [9.17, 15) is 9.18 Å². The topological polar surface area (TPSA) is 38.1 Å². The highest BCUT2D eigenvalue weighted by Crippen LogP contribution is 2.22. The fourth-order valence-electron chi connectivity index (χ4n) is 3.63. The maximum Gasteiger partial charge on any atom is 0.242 e. The quantitative estimate of drug-likeness (QED) is 0.806. The van der Waals surface area contributed by atoms with Crippen LogP contribution in [0.15, 0.2) is 36.7 Å². The number of nitrogens with zero attached hydrogens (tertiary/aromatic N) is 3. The highest BCUT2D eigenvalue weighted by Gasteiger charge is 2.24. The van der Waals surface area contributed by atoms with Crippen LogP contribution in [0.2, 0.25) is 0 Å². The number of imidazole rings is 1. The number of hydrogen-bond donors (Lipinski definition) is 0. The van der Waals surface area contributed by atoms with Gasteiger partial charge in [0.1, 0.15) is 18.2 Å². The van der Waals surface area contributed by atoms with Gasteiger partial charge in [0.05, 0.1) is 0 Å². The standard InChI is InChI=1S/C20H26FN3O/c1-2-19-22-11-13-23(19)15-20(25)24-12-5-6-16(14-24)9-10-17-7-3-4-8-18(17)21/h3-4,7-8,11,13,16H,2,5-6,9-10,12,14-15H2,1H3/t16-/m1/s1. The lowest BCUT2D eigenvalue weighted by molar-refractivity contribution is -0.133. The lowest BCUT2D eigenvalue weighted by Crippen LogP contribution is -2.41. The average Bonchev–Trinajstić information content (AvgIpc) is 3.08. The van der Waals surface area contributed by atoms with E-state index in [0.717, 1.165) is 56.6 Å². The first-order valence-corrected chi connectivity index (χ1v) is 9.18. The van der Waals surface area contributed by atoms with Crippen LogP contribution in [0.3, 0.4) is 0 Å². The summed E-state index contributed by atoms with van der Waals surface area (Å²) in [7, 11) is 0. The molecule has 1 aromatic carbocycles. The second-order valence-electron chi connectivity index (χ2n) is 6.80. The summed E-state index contributed by atoms with van der Waals surface area (Å²) in [5.74, 6) is 1.42. The molecule has 3 rings (SSSR count). The van der Waals surface area contributed by atoms with Gasteiger partial charge in [0.15, 0.2) is 0 Å². The third-order valence-electron chi connectivity index (χ3n) is 5.07. The first-order chi connectivity index (χ1) is 12.2. The number of carbonyl (C=O) groups is 1. The summed E-state index contributed by atoms with van der Waals surface area (Å²) in [6.45, 7) is 4.01. The van der Waals surface area contributed by atoms with E-state index in [0.29, 0.717) is 12.5 Å². The molecule has 1 amide bonds. The molecule has 1 aromatic heterocycles. The van der Waals surface area contributed by atoms with Crippen LogP contribution in [0.4, 0.5) is 4.39 Å². The Morgan fingerprint density at radius 2 is 2.20 bits per heavy atom. The third kappa shape index (κ3) is 4.47. The Bertz CT molecular complexity index is 712. The van der Waals surface area contributed by atoms with Crippen LogP contribution in [0.1, 0.15) is 37.6 Å². The summed E-state index contributed by atoms with van der Waals surface area (Å²) < 4.78 is 15.7. The summed E-state index contributed by atoms with van der Waals surface area (Å²) in [4.78, 5) is 18.9. The molecule has 25 heavy (non-hydrogen) atoms. The van der Waals surface area contributed by atoms with Crippen LogP contribution in [0.5, 0.6) is 0 Å². The molecule has 0 saturated carbocycles. The van der Waals surface area contributed by atoms with E-state index in [-0.39, 0.29) is 11.7 Å². The first kappa shape index (κ1) is 17.6. The third-order valence-corrected chi connectivity index (χ3v) is 5.07. The normalized spacial score (nSPS) is 17.7. The number of piperidine rings is 1. The molecule has 2 heterocycles. The maximum atomic E-state index is 13.8. The zero-order valence-corrected chi connectivity index (χ0v) is 14.8. The Morgan fingerprint density at radius 1 is 1.36 bits per heavy atom. The van der Waals surface area contributed by atoms with Crippen LogP contribution in [-0.4, -0.2) is 33.4 Å². The fraction of sp³-hybridized carbons (Fsp3) is 0.500. The van der Waals surface area contributed by atoms with E-state index in [1.54, 1.807) is 12.3 Å². The van der Waals surface area contributed by atoms with E-state index in [1.807, 2.05) is 34.7 Å². The van der Waals surface area contributed by atoms with Crippen LogP contribution < -0.4 is 0 Å². The molecular weight excluding hydrogens is 317 g/mol. The van der Waals surface area contributed by atoms with Crippen molar-refractivity contribution in [3.05, 3.63) is 53.9 Å². The minimum Gasteiger partial charge on any atom is -0.341 e. The van der Waals surface area contributed by atoms with E-state index >= 15 is 0 Å². The number of aryl methyl sites for hydroxylation is 2. The van der Waals surface area contributed by atoms with E-state index in [1.165, 1.54) is 6.07 Å². The molecular formula is C20H26FN3O. The van der Waals surface area contributed by atoms with Gasteiger partial charge in [0, 0.05) is 31.9 Å². The van der Waals surface area contributed by atoms with Crippen molar-refractivity contribution in [3.8, 4) is 0 Å². The zero-order chi connectivity index (χ0) is 17.6. The Balaban J connectivity index is 1.54. The summed E-state index contributed by atoms with van der Waals surface area (Å²) >= 11 is 0. The van der Waals surface area contributed by atoms with E-state index in [2.05, 4.69) is 4.98 Å². The van der Waals surface area contributed by atoms with E-state index in [4.69, 9.17) is 0 Å². The molecule has 0 aliphatic carbocycles. The summed E-state index contributed by atoms with van der Waals surface area (Å²) in [6.07, 6.45) is 8.25. The van der Waals surface area contributed by atoms with Gasteiger partial charge in [-0.05, 0) is 43.2 Å². The number of rotatable bonds is 6. The highest BCUT2D eigenvalue weighted by atomic mass is 19.1. The lowest BCUT2D eigenvalue weighted by atomic mass is 9.91. The van der Waals surface area contributed by atoms with Crippen molar-refractivity contribution in [3.63, 3.8) is 0 Å². The van der Waals surface area contributed by atoms with Crippen LogP contribution in [0, 0.1) is 11.7 Å². The highest BCUT2D eigenvalue weighted by molar-refractivity contribution is 5.76. The van der Waals surface area contributed by atoms with Gasteiger partial charge >= 0.3 is 0 Å². The van der Waals surface area contributed by atoms with Crippen molar-refractivity contribution < 1.29 is 9.18 Å². The predicted molar refractivity (Wildman–Crippen MR) is 95.6 cm³/mol. The lowest BCUT2D eigenvalue weighted by Gasteiger charge is -2.33. The van der Waals surface area contributed by atoms with Crippen molar-refractivity contribution in [2.75, 3.05) is 13.1 Å². The second kappa shape index (κ2) is 8.28. The maximum absolute atomic E-state index is 13.8. The zero-order valence-electron chi connectivity index (χ0n) is 14.8. The minimum atomic E-state index is -0.126. The molecule has 5 heteroatoms. The SMILES string of the molecule is CCc1nccn1CC(=O)N1CCC[C@H](CCc2ccccc2F)C1. The number of halogens is 1. The molecule has 1 aliphatic heterocycles. The molecule has 2 aromatic rings. The summed E-state index contributed by atoms with van der Waals surface area (Å²) in [6, 6.07) is 6.97. The molecule has 1 atom stereocenters. The van der Waals surface area contributed by atoms with Crippen LogP contribution >= 0.6 is 0 Å². The molecule has 0 unspecified atom stereocenters. The number of likely N-dealkylation sites (tertiary alicyclic amines) is 1. The average molecular weight is 343 g/mol. The Hall–Kier alpha value is -2.17. The Morgan fingerprint density at radius 3 is 3.00 bits per heavy atom. The van der Waals surface area contributed by atoms with Gasteiger partial charge in [0.25, 0.3) is 0 Å². The number of aromatic nitrogens is 2. The van der Waals surface area contributed by atoms with Gasteiger partial charge < -0.3 is 9.47 Å². The summed E-state index contributed by atoms with van der Waals surface area (Å²) in [5.41, 5.74) is 0.775. The Labute approximate surface area is 148 Å². The van der Waals surface area contributed by atoms with Crippen molar-refractivity contribution in [2.45, 2.75) is 45.6 Å². The molecule has 0 N–H and O–H groups in total. The second-order valence-corrected chi connectivity index (χ2v) is 6.80. The largest absolute Gasteiger partial charge is 0.341 e. The van der Waals surface area contributed by atoms with Gasteiger partial charge in [-0.1, -0.05) is 25.1 Å². The van der Waals surface area contributed by atoms with Crippen molar-refractivity contribution in [1.29, 1.82) is 0 Å². The van der Waals surface area contributed by atoms with Crippen molar-refractivity contribution in [2.24, 2.45) is 5.92 Å². The number of amides is 1. The van der Waals surface area contributed by atoms with Gasteiger partial charge in [-0.15, -0.1) is 0 Å². The molecule has 0 bridgehead atoms. The first-order valence-electron chi connectivity index (χ1n) is 9.18. The number of carbonyl (C=O) groups excluding carboxylic acids is 1. The van der Waals surface area contributed by atoms with Crippen molar-refractivity contribution >= 4 is 5.91 Å². The number of benzene rings is 1. The molecule has 0 radical (unpaired) electrons. The Kier molecular flexibility index (Phi) is 5.84. The van der Waals surface area contributed by atoms with Gasteiger partial charge in [-0.2, -0.15) is 0 Å². The molecule has 4 nitrogen and oxygen atoms in total. The van der Waals surface area contributed by atoms with Crippen molar-refractivity contribution in [1.82, 2.24) is 14.5 Å². The molecule has 134 valence electrons. The fourth-order valence-corrected chi connectivity index (χ4v) is 3.63. The monoisotopic (exact) mass is 343 g/mol. The van der Waals surface area contributed by atoms with Gasteiger partial charge in [0.2, 0.25) is 5.91 Å². The van der Waals surface area contributed by atoms with Crippen LogP contribution in [0.25, 0.3) is 0 Å². The summed E-state index contributed by atoms with van der Waals surface area (Å²) in [5, 5.41) is 0. The molecule has 1 saturated heterocycles. The molecule has 0 spiro atoms. The smallest absolute Gasteiger partial charge is 0.242 e. The predicted octanol–water partition coefficient (Wildman–Crippen LogP) is 3.46.